The highest BCUT2D eigenvalue weighted by atomic mass is 16.3. The SMILES string of the molecule is CC1C2c3ccccc3C(O)C12. The van der Waals surface area contributed by atoms with Crippen LogP contribution in [0.5, 0.6) is 0 Å². The van der Waals surface area contributed by atoms with E-state index in [-0.39, 0.29) is 6.10 Å². The Bertz CT molecular complexity index is 330. The molecule has 0 saturated heterocycles. The van der Waals surface area contributed by atoms with Gasteiger partial charge in [0, 0.05) is 0 Å². The first-order valence-corrected chi connectivity index (χ1v) is 4.57. The van der Waals surface area contributed by atoms with Gasteiger partial charge in [-0.1, -0.05) is 31.2 Å². The van der Waals surface area contributed by atoms with Gasteiger partial charge in [-0.05, 0) is 28.9 Å². The Morgan fingerprint density at radius 1 is 1.17 bits per heavy atom. The van der Waals surface area contributed by atoms with Gasteiger partial charge < -0.3 is 5.11 Å². The first kappa shape index (κ1) is 6.67. The average Bonchev–Trinajstić information content (AvgIpc) is 2.65. The molecule has 0 spiro atoms. The minimum Gasteiger partial charge on any atom is -0.388 e. The van der Waals surface area contributed by atoms with Gasteiger partial charge in [-0.25, -0.2) is 0 Å². The highest BCUT2D eigenvalue weighted by molar-refractivity contribution is 5.44. The second-order valence-electron chi connectivity index (χ2n) is 4.04. The fraction of sp³-hybridized carbons (Fsp3) is 0.455. The van der Waals surface area contributed by atoms with E-state index in [4.69, 9.17) is 0 Å². The van der Waals surface area contributed by atoms with Gasteiger partial charge >= 0.3 is 0 Å². The van der Waals surface area contributed by atoms with Crippen molar-refractivity contribution in [3.05, 3.63) is 35.4 Å². The van der Waals surface area contributed by atoms with Crippen LogP contribution in [0.4, 0.5) is 0 Å². The number of benzene rings is 1. The minimum absolute atomic E-state index is 0.179. The number of fused-ring (bicyclic) bond motifs is 3. The maximum Gasteiger partial charge on any atom is 0.0829 e. The Morgan fingerprint density at radius 3 is 2.58 bits per heavy atom. The normalized spacial score (nSPS) is 42.2. The summed E-state index contributed by atoms with van der Waals surface area (Å²) in [6.07, 6.45) is -0.179. The third-order valence-corrected chi connectivity index (χ3v) is 3.49. The summed E-state index contributed by atoms with van der Waals surface area (Å²) in [7, 11) is 0. The second-order valence-corrected chi connectivity index (χ2v) is 4.04. The number of aliphatic hydroxyl groups is 1. The summed E-state index contributed by atoms with van der Waals surface area (Å²) >= 11 is 0. The molecule has 1 nitrogen and oxygen atoms in total. The average molecular weight is 160 g/mol. The van der Waals surface area contributed by atoms with E-state index in [9.17, 15) is 5.11 Å². The van der Waals surface area contributed by atoms with Crippen LogP contribution < -0.4 is 0 Å². The van der Waals surface area contributed by atoms with Crippen molar-refractivity contribution in [2.24, 2.45) is 11.8 Å². The van der Waals surface area contributed by atoms with Crippen molar-refractivity contribution < 1.29 is 5.11 Å². The highest BCUT2D eigenvalue weighted by Crippen LogP contribution is 2.65. The molecule has 1 N–H and O–H groups in total. The van der Waals surface area contributed by atoms with Crippen LogP contribution in [-0.2, 0) is 0 Å². The van der Waals surface area contributed by atoms with E-state index >= 15 is 0 Å². The lowest BCUT2D eigenvalue weighted by molar-refractivity contribution is 0.154. The standard InChI is InChI=1S/C11H12O/c1-6-9-7-4-2-3-5-8(7)11(12)10(6)9/h2-6,9-12H,1H3. The molecule has 2 aliphatic rings. The molecule has 12 heavy (non-hydrogen) atoms. The van der Waals surface area contributed by atoms with Crippen molar-refractivity contribution in [3.8, 4) is 0 Å². The van der Waals surface area contributed by atoms with E-state index in [2.05, 4.69) is 25.1 Å². The smallest absolute Gasteiger partial charge is 0.0829 e. The predicted octanol–water partition coefficient (Wildman–Crippen LogP) is 2.08. The van der Waals surface area contributed by atoms with Gasteiger partial charge in [0.05, 0.1) is 6.10 Å². The zero-order valence-corrected chi connectivity index (χ0v) is 7.07. The Balaban J connectivity index is 2.16. The Hall–Kier alpha value is -0.820. The molecule has 0 aliphatic heterocycles. The van der Waals surface area contributed by atoms with Gasteiger partial charge in [0.2, 0.25) is 0 Å². The number of hydrogen-bond donors (Lipinski definition) is 1. The molecular formula is C11H12O. The number of rotatable bonds is 0. The lowest BCUT2D eigenvalue weighted by Gasteiger charge is -2.09. The molecule has 1 aromatic rings. The molecule has 62 valence electrons. The summed E-state index contributed by atoms with van der Waals surface area (Å²) in [6, 6.07) is 8.29. The molecule has 2 aliphatic carbocycles. The zero-order chi connectivity index (χ0) is 8.29. The van der Waals surface area contributed by atoms with Crippen molar-refractivity contribution >= 4 is 0 Å². The van der Waals surface area contributed by atoms with E-state index < -0.39 is 0 Å². The summed E-state index contributed by atoms with van der Waals surface area (Å²) in [5.74, 6) is 1.90. The molecular weight excluding hydrogens is 148 g/mol. The van der Waals surface area contributed by atoms with Gasteiger partial charge in [-0.3, -0.25) is 0 Å². The summed E-state index contributed by atoms with van der Waals surface area (Å²) in [4.78, 5) is 0. The maximum atomic E-state index is 9.86. The molecule has 0 amide bonds. The fourth-order valence-corrected chi connectivity index (χ4v) is 2.76. The lowest BCUT2D eigenvalue weighted by Crippen LogP contribution is -1.99. The molecule has 1 heteroatoms. The summed E-state index contributed by atoms with van der Waals surface area (Å²) < 4.78 is 0. The molecule has 0 aromatic heterocycles. The van der Waals surface area contributed by atoms with Gasteiger partial charge in [0.25, 0.3) is 0 Å². The molecule has 1 saturated carbocycles. The van der Waals surface area contributed by atoms with Crippen molar-refractivity contribution in [2.75, 3.05) is 0 Å². The molecule has 0 heterocycles. The van der Waals surface area contributed by atoms with Crippen molar-refractivity contribution in [2.45, 2.75) is 18.9 Å². The Morgan fingerprint density at radius 2 is 1.83 bits per heavy atom. The predicted molar refractivity (Wildman–Crippen MR) is 46.8 cm³/mol. The van der Waals surface area contributed by atoms with Crippen molar-refractivity contribution in [1.29, 1.82) is 0 Å². The van der Waals surface area contributed by atoms with Crippen LogP contribution in [0, 0.1) is 11.8 Å². The van der Waals surface area contributed by atoms with E-state index in [0.29, 0.717) is 17.8 Å². The van der Waals surface area contributed by atoms with E-state index in [1.165, 1.54) is 11.1 Å². The first-order valence-electron chi connectivity index (χ1n) is 4.57. The molecule has 4 unspecified atom stereocenters. The van der Waals surface area contributed by atoms with Gasteiger partial charge in [-0.2, -0.15) is 0 Å². The molecule has 4 atom stereocenters. The highest BCUT2D eigenvalue weighted by Gasteiger charge is 2.57. The van der Waals surface area contributed by atoms with Crippen LogP contribution in [0.25, 0.3) is 0 Å². The number of aliphatic hydroxyl groups excluding tert-OH is 1. The molecule has 1 fully saturated rings. The second kappa shape index (κ2) is 1.91. The number of hydrogen-bond acceptors (Lipinski definition) is 1. The molecule has 0 bridgehead atoms. The van der Waals surface area contributed by atoms with Crippen LogP contribution in [-0.4, -0.2) is 5.11 Å². The monoisotopic (exact) mass is 160 g/mol. The third kappa shape index (κ3) is 0.593. The van der Waals surface area contributed by atoms with E-state index in [1.54, 1.807) is 0 Å². The summed E-state index contributed by atoms with van der Waals surface area (Å²) in [5, 5.41) is 9.86. The lowest BCUT2D eigenvalue weighted by atomic mass is 10.0. The Kier molecular flexibility index (Phi) is 1.06. The van der Waals surface area contributed by atoms with Crippen LogP contribution in [0.1, 0.15) is 30.1 Å². The first-order chi connectivity index (χ1) is 5.80. The molecule has 1 aromatic carbocycles. The van der Waals surface area contributed by atoms with E-state index in [1.807, 2.05) is 6.07 Å². The summed E-state index contributed by atoms with van der Waals surface area (Å²) in [5.41, 5.74) is 2.56. The van der Waals surface area contributed by atoms with Crippen LogP contribution in [0.2, 0.25) is 0 Å². The van der Waals surface area contributed by atoms with Crippen molar-refractivity contribution in [3.63, 3.8) is 0 Å². The zero-order valence-electron chi connectivity index (χ0n) is 7.07. The largest absolute Gasteiger partial charge is 0.388 e. The maximum absolute atomic E-state index is 9.86. The Labute approximate surface area is 72.0 Å². The third-order valence-electron chi connectivity index (χ3n) is 3.49. The minimum atomic E-state index is -0.179. The van der Waals surface area contributed by atoms with Crippen LogP contribution >= 0.6 is 0 Å². The molecule has 3 rings (SSSR count). The van der Waals surface area contributed by atoms with Gasteiger partial charge in [0.15, 0.2) is 0 Å². The van der Waals surface area contributed by atoms with E-state index in [0.717, 1.165) is 0 Å². The quantitative estimate of drug-likeness (QED) is 0.616. The summed E-state index contributed by atoms with van der Waals surface area (Å²) in [6.45, 7) is 2.23. The fourth-order valence-electron chi connectivity index (χ4n) is 2.76. The molecule has 0 radical (unpaired) electrons. The van der Waals surface area contributed by atoms with Gasteiger partial charge in [0.1, 0.15) is 0 Å². The van der Waals surface area contributed by atoms with Crippen LogP contribution in [0.3, 0.4) is 0 Å². The van der Waals surface area contributed by atoms with Crippen LogP contribution in [0.15, 0.2) is 24.3 Å². The van der Waals surface area contributed by atoms with Crippen molar-refractivity contribution in [1.82, 2.24) is 0 Å². The topological polar surface area (TPSA) is 20.2 Å². The van der Waals surface area contributed by atoms with Gasteiger partial charge in [-0.15, -0.1) is 0 Å².